The third-order valence-electron chi connectivity index (χ3n) is 3.75. The van der Waals surface area contributed by atoms with Gasteiger partial charge in [-0.1, -0.05) is 12.8 Å². The van der Waals surface area contributed by atoms with E-state index in [0.717, 1.165) is 31.1 Å². The topological polar surface area (TPSA) is 51.4 Å². The molecule has 0 bridgehead atoms. The van der Waals surface area contributed by atoms with Crippen LogP contribution in [0.15, 0.2) is 18.3 Å². The highest BCUT2D eigenvalue weighted by Crippen LogP contribution is 2.33. The Kier molecular flexibility index (Phi) is 5.65. The van der Waals surface area contributed by atoms with E-state index in [1.807, 2.05) is 18.3 Å². The average molecular weight is 277 g/mol. The summed E-state index contributed by atoms with van der Waals surface area (Å²) in [6, 6.07) is 4.55. The average Bonchev–Trinajstić information content (AvgIpc) is 2.94. The number of anilines is 1. The first-order valence-electron chi connectivity index (χ1n) is 7.80. The van der Waals surface area contributed by atoms with Crippen LogP contribution >= 0.6 is 0 Å². The standard InChI is InChI=1S/C16H27N3O/c1-13(2)20-15-9-5-11-18-16(15)19(12-6-10-17)14-7-3-4-8-14/h5,9,11,13-14H,3-4,6-8,10,12,17H2,1-2H3. The SMILES string of the molecule is CC(C)Oc1cccnc1N(CCCN)C1CCCC1. The number of pyridine rings is 1. The molecule has 1 fully saturated rings. The zero-order chi connectivity index (χ0) is 14.4. The van der Waals surface area contributed by atoms with Crippen molar-refractivity contribution in [1.82, 2.24) is 4.98 Å². The molecule has 0 saturated heterocycles. The zero-order valence-corrected chi connectivity index (χ0v) is 12.7. The van der Waals surface area contributed by atoms with Gasteiger partial charge in [-0.05, 0) is 51.8 Å². The van der Waals surface area contributed by atoms with Gasteiger partial charge in [-0.25, -0.2) is 4.98 Å². The quantitative estimate of drug-likeness (QED) is 0.832. The number of nitrogens with zero attached hydrogens (tertiary/aromatic N) is 2. The normalized spacial score (nSPS) is 15.8. The van der Waals surface area contributed by atoms with E-state index in [9.17, 15) is 0 Å². The fourth-order valence-corrected chi connectivity index (χ4v) is 2.88. The number of aromatic nitrogens is 1. The Hall–Kier alpha value is -1.29. The van der Waals surface area contributed by atoms with Gasteiger partial charge in [0.15, 0.2) is 11.6 Å². The molecule has 112 valence electrons. The lowest BCUT2D eigenvalue weighted by molar-refractivity contribution is 0.241. The van der Waals surface area contributed by atoms with E-state index in [1.165, 1.54) is 25.7 Å². The molecule has 0 spiro atoms. The van der Waals surface area contributed by atoms with Crippen molar-refractivity contribution >= 4 is 5.82 Å². The van der Waals surface area contributed by atoms with Gasteiger partial charge in [0.05, 0.1) is 6.10 Å². The van der Waals surface area contributed by atoms with E-state index in [0.29, 0.717) is 6.04 Å². The van der Waals surface area contributed by atoms with E-state index < -0.39 is 0 Å². The monoisotopic (exact) mass is 277 g/mol. The smallest absolute Gasteiger partial charge is 0.171 e. The number of nitrogens with two attached hydrogens (primary N) is 1. The van der Waals surface area contributed by atoms with Crippen molar-refractivity contribution < 1.29 is 4.74 Å². The Morgan fingerprint density at radius 3 is 2.80 bits per heavy atom. The van der Waals surface area contributed by atoms with Crippen molar-refractivity contribution in [3.05, 3.63) is 18.3 Å². The molecule has 1 heterocycles. The van der Waals surface area contributed by atoms with Crippen LogP contribution in [0.1, 0.15) is 46.0 Å². The fraction of sp³-hybridized carbons (Fsp3) is 0.688. The summed E-state index contributed by atoms with van der Waals surface area (Å²) in [6.45, 7) is 5.79. The Morgan fingerprint density at radius 2 is 2.15 bits per heavy atom. The van der Waals surface area contributed by atoms with Gasteiger partial charge >= 0.3 is 0 Å². The molecule has 20 heavy (non-hydrogen) atoms. The maximum absolute atomic E-state index is 5.93. The lowest BCUT2D eigenvalue weighted by Crippen LogP contribution is -2.36. The van der Waals surface area contributed by atoms with Crippen LogP contribution in [0.3, 0.4) is 0 Å². The maximum atomic E-state index is 5.93. The molecular formula is C16H27N3O. The number of rotatable bonds is 7. The van der Waals surface area contributed by atoms with Gasteiger partial charge in [0.2, 0.25) is 0 Å². The van der Waals surface area contributed by atoms with Gasteiger partial charge in [-0.3, -0.25) is 0 Å². The summed E-state index contributed by atoms with van der Waals surface area (Å²) in [7, 11) is 0. The van der Waals surface area contributed by atoms with Gasteiger partial charge < -0.3 is 15.4 Å². The fourth-order valence-electron chi connectivity index (χ4n) is 2.88. The minimum atomic E-state index is 0.165. The molecule has 0 unspecified atom stereocenters. The van der Waals surface area contributed by atoms with Crippen molar-refractivity contribution in [1.29, 1.82) is 0 Å². The molecule has 0 amide bonds. The molecular weight excluding hydrogens is 250 g/mol. The highest BCUT2D eigenvalue weighted by atomic mass is 16.5. The Morgan fingerprint density at radius 1 is 1.40 bits per heavy atom. The van der Waals surface area contributed by atoms with Crippen LogP contribution in [0.5, 0.6) is 5.75 Å². The van der Waals surface area contributed by atoms with E-state index in [1.54, 1.807) is 0 Å². The van der Waals surface area contributed by atoms with Gasteiger partial charge in [0.25, 0.3) is 0 Å². The Balaban J connectivity index is 2.22. The van der Waals surface area contributed by atoms with Gasteiger partial charge in [-0.15, -0.1) is 0 Å². The second kappa shape index (κ2) is 7.48. The number of hydrogen-bond acceptors (Lipinski definition) is 4. The zero-order valence-electron chi connectivity index (χ0n) is 12.7. The Labute approximate surface area is 122 Å². The largest absolute Gasteiger partial charge is 0.487 e. The first-order valence-corrected chi connectivity index (χ1v) is 7.80. The molecule has 0 atom stereocenters. The summed E-state index contributed by atoms with van der Waals surface area (Å²) in [5.74, 6) is 1.88. The third-order valence-corrected chi connectivity index (χ3v) is 3.75. The van der Waals surface area contributed by atoms with Crippen molar-refractivity contribution in [2.45, 2.75) is 58.1 Å². The van der Waals surface area contributed by atoms with E-state index >= 15 is 0 Å². The third kappa shape index (κ3) is 3.85. The summed E-state index contributed by atoms with van der Waals surface area (Å²) >= 11 is 0. The predicted octanol–water partition coefficient (Wildman–Crippen LogP) is 2.97. The summed E-state index contributed by atoms with van der Waals surface area (Å²) in [5, 5.41) is 0. The molecule has 4 heteroatoms. The van der Waals surface area contributed by atoms with Crippen LogP contribution in [-0.4, -0.2) is 30.2 Å². The summed E-state index contributed by atoms with van der Waals surface area (Å²) in [4.78, 5) is 7.00. The van der Waals surface area contributed by atoms with Crippen molar-refractivity contribution in [3.8, 4) is 5.75 Å². The van der Waals surface area contributed by atoms with Gasteiger partial charge in [-0.2, -0.15) is 0 Å². The molecule has 0 aliphatic heterocycles. The molecule has 1 aliphatic carbocycles. The molecule has 0 radical (unpaired) electrons. The van der Waals surface area contributed by atoms with Crippen LogP contribution in [0.4, 0.5) is 5.82 Å². The highest BCUT2D eigenvalue weighted by molar-refractivity contribution is 5.53. The van der Waals surface area contributed by atoms with Crippen molar-refractivity contribution in [3.63, 3.8) is 0 Å². The van der Waals surface area contributed by atoms with E-state index in [-0.39, 0.29) is 6.10 Å². The summed E-state index contributed by atoms with van der Waals surface area (Å²) in [5.41, 5.74) is 5.69. The van der Waals surface area contributed by atoms with Crippen molar-refractivity contribution in [2.24, 2.45) is 5.73 Å². The second-order valence-corrected chi connectivity index (χ2v) is 5.77. The van der Waals surface area contributed by atoms with Crippen molar-refractivity contribution in [2.75, 3.05) is 18.0 Å². The lowest BCUT2D eigenvalue weighted by Gasteiger charge is -2.31. The van der Waals surface area contributed by atoms with Gasteiger partial charge in [0.1, 0.15) is 0 Å². The molecule has 2 N–H and O–H groups in total. The van der Waals surface area contributed by atoms with Crippen LogP contribution in [0.2, 0.25) is 0 Å². The minimum absolute atomic E-state index is 0.165. The molecule has 1 aliphatic rings. The minimum Gasteiger partial charge on any atom is -0.487 e. The molecule has 1 aromatic heterocycles. The number of hydrogen-bond donors (Lipinski definition) is 1. The van der Waals surface area contributed by atoms with E-state index in [4.69, 9.17) is 10.5 Å². The van der Waals surface area contributed by atoms with Crippen LogP contribution in [0, 0.1) is 0 Å². The molecule has 1 saturated carbocycles. The van der Waals surface area contributed by atoms with E-state index in [2.05, 4.69) is 23.7 Å². The first kappa shape index (κ1) is 15.1. The van der Waals surface area contributed by atoms with Gasteiger partial charge in [0, 0.05) is 18.8 Å². The molecule has 1 aromatic rings. The second-order valence-electron chi connectivity index (χ2n) is 5.77. The lowest BCUT2D eigenvalue weighted by atomic mass is 10.2. The molecule has 4 nitrogen and oxygen atoms in total. The predicted molar refractivity (Wildman–Crippen MR) is 83.3 cm³/mol. The Bertz CT molecular complexity index is 402. The highest BCUT2D eigenvalue weighted by Gasteiger charge is 2.25. The molecule has 2 rings (SSSR count). The summed E-state index contributed by atoms with van der Waals surface area (Å²) < 4.78 is 5.93. The number of ether oxygens (including phenoxy) is 1. The summed E-state index contributed by atoms with van der Waals surface area (Å²) in [6.07, 6.45) is 8.15. The van der Waals surface area contributed by atoms with Crippen LogP contribution < -0.4 is 15.4 Å². The van der Waals surface area contributed by atoms with Crippen LogP contribution in [0.25, 0.3) is 0 Å². The van der Waals surface area contributed by atoms with Crippen LogP contribution in [-0.2, 0) is 0 Å². The first-order chi connectivity index (χ1) is 9.72. The molecule has 0 aromatic carbocycles. The maximum Gasteiger partial charge on any atom is 0.171 e.